The summed E-state index contributed by atoms with van der Waals surface area (Å²) in [5.74, 6) is 1.83. The number of hydrazone groups is 1. The molecule has 144 valence electrons. The third kappa shape index (κ3) is 6.18. The first-order valence-corrected chi connectivity index (χ1v) is 8.47. The molecule has 2 amide bonds. The van der Waals surface area contributed by atoms with Crippen molar-refractivity contribution in [3.05, 3.63) is 54.1 Å². The SMILES string of the molecule is C#CCOc1ccc(C=NNC(=O)C(C)C(=O)Nc2ccc(OC)cc2)cc1. The molecule has 0 fully saturated rings. The van der Waals surface area contributed by atoms with E-state index in [1.165, 1.54) is 13.1 Å². The van der Waals surface area contributed by atoms with Gasteiger partial charge >= 0.3 is 0 Å². The maximum atomic E-state index is 12.2. The van der Waals surface area contributed by atoms with Gasteiger partial charge in [0.15, 0.2) is 0 Å². The number of carbonyl (C=O) groups is 2. The van der Waals surface area contributed by atoms with Crippen LogP contribution in [0.2, 0.25) is 0 Å². The van der Waals surface area contributed by atoms with Gasteiger partial charge in [-0.2, -0.15) is 5.10 Å². The average molecular weight is 379 g/mol. The standard InChI is InChI=1S/C21H21N3O4/c1-4-13-28-19-9-5-16(6-10-19)14-22-24-21(26)15(2)20(25)23-17-7-11-18(27-3)12-8-17/h1,5-12,14-15H,13H2,2-3H3,(H,23,25)(H,24,26). The van der Waals surface area contributed by atoms with Gasteiger partial charge in [0, 0.05) is 5.69 Å². The third-order valence-corrected chi connectivity index (χ3v) is 3.73. The minimum atomic E-state index is -0.918. The Balaban J connectivity index is 1.84. The molecule has 0 radical (unpaired) electrons. The van der Waals surface area contributed by atoms with Gasteiger partial charge in [-0.05, 0) is 61.0 Å². The molecule has 0 aromatic heterocycles. The summed E-state index contributed by atoms with van der Waals surface area (Å²) in [5.41, 5.74) is 3.68. The highest BCUT2D eigenvalue weighted by Gasteiger charge is 2.21. The molecular weight excluding hydrogens is 358 g/mol. The Morgan fingerprint density at radius 2 is 1.75 bits per heavy atom. The lowest BCUT2D eigenvalue weighted by atomic mass is 10.1. The van der Waals surface area contributed by atoms with Crippen molar-refractivity contribution in [3.63, 3.8) is 0 Å². The zero-order valence-corrected chi connectivity index (χ0v) is 15.6. The molecule has 0 spiro atoms. The van der Waals surface area contributed by atoms with E-state index in [1.807, 2.05) is 0 Å². The Morgan fingerprint density at radius 3 is 2.36 bits per heavy atom. The van der Waals surface area contributed by atoms with Gasteiger partial charge in [0.1, 0.15) is 24.0 Å². The summed E-state index contributed by atoms with van der Waals surface area (Å²) in [6, 6.07) is 13.8. The Labute approximate surface area is 163 Å². The Morgan fingerprint density at radius 1 is 1.11 bits per heavy atom. The summed E-state index contributed by atoms with van der Waals surface area (Å²) in [6.07, 6.45) is 6.60. The van der Waals surface area contributed by atoms with Crippen molar-refractivity contribution in [1.82, 2.24) is 5.43 Å². The highest BCUT2D eigenvalue weighted by atomic mass is 16.5. The molecule has 0 bridgehead atoms. The number of amides is 2. The Kier molecular flexibility index (Phi) is 7.61. The topological polar surface area (TPSA) is 89.0 Å². The number of terminal acetylenes is 1. The Hall–Kier alpha value is -3.79. The second-order valence-electron chi connectivity index (χ2n) is 5.74. The second-order valence-corrected chi connectivity index (χ2v) is 5.74. The number of rotatable bonds is 8. The molecule has 0 aliphatic carbocycles. The summed E-state index contributed by atoms with van der Waals surface area (Å²) in [5, 5.41) is 6.54. The minimum absolute atomic E-state index is 0.194. The lowest BCUT2D eigenvalue weighted by Crippen LogP contribution is -2.34. The second kappa shape index (κ2) is 10.4. The van der Waals surface area contributed by atoms with Gasteiger partial charge in [-0.1, -0.05) is 5.92 Å². The fourth-order valence-corrected chi connectivity index (χ4v) is 2.09. The molecule has 0 heterocycles. The number of methoxy groups -OCH3 is 1. The van der Waals surface area contributed by atoms with Crippen LogP contribution in [-0.4, -0.2) is 31.7 Å². The number of nitrogens with one attached hydrogen (secondary N) is 2. The summed E-state index contributed by atoms with van der Waals surface area (Å²) in [4.78, 5) is 24.3. The number of benzene rings is 2. The van der Waals surface area contributed by atoms with Crippen LogP contribution in [0.1, 0.15) is 12.5 Å². The molecule has 0 saturated carbocycles. The maximum Gasteiger partial charge on any atom is 0.252 e. The van der Waals surface area contributed by atoms with Crippen LogP contribution < -0.4 is 20.2 Å². The molecular formula is C21H21N3O4. The number of ether oxygens (including phenoxy) is 2. The molecule has 7 nitrogen and oxygen atoms in total. The van der Waals surface area contributed by atoms with Gasteiger partial charge < -0.3 is 14.8 Å². The third-order valence-electron chi connectivity index (χ3n) is 3.73. The van der Waals surface area contributed by atoms with E-state index in [9.17, 15) is 9.59 Å². The molecule has 2 aromatic rings. The molecule has 2 N–H and O–H groups in total. The number of carbonyl (C=O) groups excluding carboxylic acids is 2. The fraction of sp³-hybridized carbons (Fsp3) is 0.190. The normalized spacial score (nSPS) is 11.3. The Bertz CT molecular complexity index is 868. The minimum Gasteiger partial charge on any atom is -0.497 e. The quantitative estimate of drug-likeness (QED) is 0.319. The first kappa shape index (κ1) is 20.5. The van der Waals surface area contributed by atoms with E-state index < -0.39 is 17.7 Å². The smallest absolute Gasteiger partial charge is 0.252 e. The number of anilines is 1. The fourth-order valence-electron chi connectivity index (χ4n) is 2.09. The molecule has 1 unspecified atom stereocenters. The average Bonchev–Trinajstić information content (AvgIpc) is 2.73. The van der Waals surface area contributed by atoms with E-state index in [0.29, 0.717) is 17.2 Å². The van der Waals surface area contributed by atoms with Gasteiger partial charge in [-0.15, -0.1) is 6.42 Å². The van der Waals surface area contributed by atoms with E-state index in [2.05, 4.69) is 21.8 Å². The van der Waals surface area contributed by atoms with E-state index in [4.69, 9.17) is 15.9 Å². The molecule has 28 heavy (non-hydrogen) atoms. The molecule has 7 heteroatoms. The van der Waals surface area contributed by atoms with Crippen LogP contribution in [0.5, 0.6) is 11.5 Å². The van der Waals surface area contributed by atoms with Gasteiger partial charge in [0.25, 0.3) is 5.91 Å². The molecule has 0 aliphatic rings. The lowest BCUT2D eigenvalue weighted by molar-refractivity contribution is -0.131. The van der Waals surface area contributed by atoms with Crippen molar-refractivity contribution < 1.29 is 19.1 Å². The van der Waals surface area contributed by atoms with E-state index in [-0.39, 0.29) is 6.61 Å². The van der Waals surface area contributed by atoms with Gasteiger partial charge in [0.2, 0.25) is 5.91 Å². The van der Waals surface area contributed by atoms with E-state index in [0.717, 1.165) is 5.56 Å². The van der Waals surface area contributed by atoms with Crippen molar-refractivity contribution >= 4 is 23.7 Å². The summed E-state index contributed by atoms with van der Waals surface area (Å²) >= 11 is 0. The monoisotopic (exact) mass is 379 g/mol. The first-order valence-electron chi connectivity index (χ1n) is 8.47. The molecule has 2 aromatic carbocycles. The molecule has 0 saturated heterocycles. The number of hydrogen-bond acceptors (Lipinski definition) is 5. The highest BCUT2D eigenvalue weighted by Crippen LogP contribution is 2.16. The van der Waals surface area contributed by atoms with Gasteiger partial charge in [-0.3, -0.25) is 9.59 Å². The zero-order valence-electron chi connectivity index (χ0n) is 15.6. The van der Waals surface area contributed by atoms with Gasteiger partial charge in [-0.25, -0.2) is 5.43 Å². The predicted octanol–water partition coefficient (Wildman–Crippen LogP) is 2.43. The first-order chi connectivity index (χ1) is 13.5. The molecule has 1 atom stereocenters. The summed E-state index contributed by atoms with van der Waals surface area (Å²) < 4.78 is 10.3. The van der Waals surface area contributed by atoms with Crippen molar-refractivity contribution in [2.24, 2.45) is 11.0 Å². The largest absolute Gasteiger partial charge is 0.497 e. The van der Waals surface area contributed by atoms with Crippen LogP contribution in [0.25, 0.3) is 0 Å². The molecule has 2 rings (SSSR count). The van der Waals surface area contributed by atoms with E-state index >= 15 is 0 Å². The van der Waals surface area contributed by atoms with Crippen LogP contribution in [0.4, 0.5) is 5.69 Å². The zero-order chi connectivity index (χ0) is 20.4. The van der Waals surface area contributed by atoms with Crippen molar-refractivity contribution in [1.29, 1.82) is 0 Å². The lowest BCUT2D eigenvalue weighted by Gasteiger charge is -2.11. The van der Waals surface area contributed by atoms with Crippen molar-refractivity contribution in [3.8, 4) is 23.8 Å². The van der Waals surface area contributed by atoms with Gasteiger partial charge in [0.05, 0.1) is 13.3 Å². The van der Waals surface area contributed by atoms with Crippen LogP contribution in [0, 0.1) is 18.3 Å². The summed E-state index contributed by atoms with van der Waals surface area (Å²) in [7, 11) is 1.56. The van der Waals surface area contributed by atoms with Crippen LogP contribution in [-0.2, 0) is 9.59 Å². The van der Waals surface area contributed by atoms with Crippen molar-refractivity contribution in [2.75, 3.05) is 19.0 Å². The van der Waals surface area contributed by atoms with Crippen LogP contribution in [0.3, 0.4) is 0 Å². The molecule has 0 aliphatic heterocycles. The number of nitrogens with zero attached hydrogens (tertiary/aromatic N) is 1. The predicted molar refractivity (Wildman–Crippen MR) is 107 cm³/mol. The van der Waals surface area contributed by atoms with Crippen LogP contribution in [0.15, 0.2) is 53.6 Å². The number of hydrogen-bond donors (Lipinski definition) is 2. The summed E-state index contributed by atoms with van der Waals surface area (Å²) in [6.45, 7) is 1.70. The van der Waals surface area contributed by atoms with E-state index in [1.54, 1.807) is 55.6 Å². The highest BCUT2D eigenvalue weighted by molar-refractivity contribution is 6.06. The maximum absolute atomic E-state index is 12.2. The van der Waals surface area contributed by atoms with Crippen LogP contribution >= 0.6 is 0 Å². The van der Waals surface area contributed by atoms with Crippen molar-refractivity contribution in [2.45, 2.75) is 6.92 Å².